The van der Waals surface area contributed by atoms with Crippen molar-refractivity contribution in [1.29, 1.82) is 0 Å². The van der Waals surface area contributed by atoms with Crippen LogP contribution in [0.15, 0.2) is 23.8 Å². The van der Waals surface area contributed by atoms with Gasteiger partial charge in [0.1, 0.15) is 0 Å². The first-order valence-electron chi connectivity index (χ1n) is 7.09. The first-order valence-corrected chi connectivity index (χ1v) is 7.09. The fourth-order valence-electron chi connectivity index (χ4n) is 2.29. The van der Waals surface area contributed by atoms with Crippen molar-refractivity contribution in [1.82, 2.24) is 15.5 Å². The number of rotatable bonds is 4. The van der Waals surface area contributed by atoms with E-state index in [1.165, 1.54) is 18.9 Å². The van der Waals surface area contributed by atoms with Crippen LogP contribution in [0.5, 0.6) is 0 Å². The van der Waals surface area contributed by atoms with E-state index < -0.39 is 11.7 Å². The molecule has 0 saturated heterocycles. The van der Waals surface area contributed by atoms with Crippen LogP contribution in [0, 0.1) is 0 Å². The highest BCUT2D eigenvalue weighted by molar-refractivity contribution is 5.40. The first-order chi connectivity index (χ1) is 10.0. The molecular formula is C14H17F3N4. The molecule has 0 unspecified atom stereocenters. The summed E-state index contributed by atoms with van der Waals surface area (Å²) in [6, 6.07) is 4.31. The monoisotopic (exact) mass is 298 g/mol. The van der Waals surface area contributed by atoms with Crippen molar-refractivity contribution < 1.29 is 13.2 Å². The molecule has 0 amide bonds. The van der Waals surface area contributed by atoms with Gasteiger partial charge in [-0.05, 0) is 31.4 Å². The van der Waals surface area contributed by atoms with Crippen molar-refractivity contribution >= 4 is 5.82 Å². The van der Waals surface area contributed by atoms with Crippen LogP contribution >= 0.6 is 0 Å². The van der Waals surface area contributed by atoms with Gasteiger partial charge in [-0.1, -0.05) is 6.08 Å². The fourth-order valence-corrected chi connectivity index (χ4v) is 2.29. The Balaban J connectivity index is 1.58. The minimum absolute atomic E-state index is 0.00380. The zero-order chi connectivity index (χ0) is 14.9. The van der Waals surface area contributed by atoms with Gasteiger partial charge in [0.05, 0.1) is 5.69 Å². The zero-order valence-corrected chi connectivity index (χ0v) is 11.5. The Morgan fingerprint density at radius 3 is 2.57 bits per heavy atom. The standard InChI is InChI=1S/C14H17F3N4/c15-14(16,17)10-5-7-21(8-6-10)13-4-3-12(19-20-13)9-18-11-1-2-11/h3-5,11,18H,1-2,6-9H2. The summed E-state index contributed by atoms with van der Waals surface area (Å²) >= 11 is 0. The maximum Gasteiger partial charge on any atom is 0.412 e. The minimum atomic E-state index is -4.21. The van der Waals surface area contributed by atoms with Crippen LogP contribution in [0.3, 0.4) is 0 Å². The van der Waals surface area contributed by atoms with E-state index in [1.54, 1.807) is 4.90 Å². The summed E-state index contributed by atoms with van der Waals surface area (Å²) in [6.07, 6.45) is -0.555. The Bertz CT molecular complexity index is 520. The highest BCUT2D eigenvalue weighted by atomic mass is 19.4. The van der Waals surface area contributed by atoms with Gasteiger partial charge in [0, 0.05) is 31.2 Å². The molecule has 4 nitrogen and oxygen atoms in total. The third-order valence-corrected chi connectivity index (χ3v) is 3.75. The number of nitrogens with zero attached hydrogens (tertiary/aromatic N) is 3. The Hall–Kier alpha value is -1.63. The molecule has 1 aliphatic carbocycles. The van der Waals surface area contributed by atoms with E-state index in [0.29, 0.717) is 24.9 Å². The van der Waals surface area contributed by atoms with E-state index in [1.807, 2.05) is 12.1 Å². The van der Waals surface area contributed by atoms with Gasteiger partial charge < -0.3 is 10.2 Å². The molecule has 1 aromatic heterocycles. The molecule has 2 heterocycles. The number of halogens is 3. The SMILES string of the molecule is FC(F)(F)C1=CCN(c2ccc(CNC3CC3)nn2)CC1. The van der Waals surface area contributed by atoms with Crippen molar-refractivity contribution in [3.63, 3.8) is 0 Å². The molecule has 1 fully saturated rings. The van der Waals surface area contributed by atoms with Gasteiger partial charge in [-0.2, -0.15) is 18.3 Å². The maximum atomic E-state index is 12.6. The minimum Gasteiger partial charge on any atom is -0.351 e. The highest BCUT2D eigenvalue weighted by Gasteiger charge is 2.34. The third-order valence-electron chi connectivity index (χ3n) is 3.75. The third kappa shape index (κ3) is 3.72. The molecule has 0 bridgehead atoms. The number of hydrogen-bond acceptors (Lipinski definition) is 4. The summed E-state index contributed by atoms with van der Waals surface area (Å²) in [4.78, 5) is 1.81. The van der Waals surface area contributed by atoms with E-state index in [4.69, 9.17) is 0 Å². The summed E-state index contributed by atoms with van der Waals surface area (Å²) in [5.74, 6) is 0.627. The summed E-state index contributed by atoms with van der Waals surface area (Å²) < 4.78 is 37.7. The van der Waals surface area contributed by atoms with Gasteiger partial charge in [0.15, 0.2) is 5.82 Å². The van der Waals surface area contributed by atoms with E-state index >= 15 is 0 Å². The van der Waals surface area contributed by atoms with Crippen molar-refractivity contribution in [2.24, 2.45) is 0 Å². The summed E-state index contributed by atoms with van der Waals surface area (Å²) in [6.45, 7) is 1.24. The molecule has 21 heavy (non-hydrogen) atoms. The van der Waals surface area contributed by atoms with E-state index in [2.05, 4.69) is 15.5 Å². The molecule has 1 N–H and O–H groups in total. The number of hydrogen-bond donors (Lipinski definition) is 1. The Morgan fingerprint density at radius 2 is 2.05 bits per heavy atom. The molecule has 3 rings (SSSR count). The second-order valence-corrected chi connectivity index (χ2v) is 5.46. The predicted molar refractivity (Wildman–Crippen MR) is 72.9 cm³/mol. The average molecular weight is 298 g/mol. The van der Waals surface area contributed by atoms with Crippen LogP contribution in [0.1, 0.15) is 25.0 Å². The van der Waals surface area contributed by atoms with Crippen molar-refractivity contribution in [3.05, 3.63) is 29.5 Å². The lowest BCUT2D eigenvalue weighted by atomic mass is 10.1. The van der Waals surface area contributed by atoms with Gasteiger partial charge in [-0.15, -0.1) is 5.10 Å². The second-order valence-electron chi connectivity index (χ2n) is 5.46. The predicted octanol–water partition coefficient (Wildman–Crippen LogP) is 2.43. The maximum absolute atomic E-state index is 12.6. The molecule has 1 aliphatic heterocycles. The number of alkyl halides is 3. The van der Waals surface area contributed by atoms with Crippen LogP contribution in [0.4, 0.5) is 19.0 Å². The molecule has 7 heteroatoms. The van der Waals surface area contributed by atoms with E-state index in [-0.39, 0.29) is 13.0 Å². The van der Waals surface area contributed by atoms with Gasteiger partial charge in [-0.25, -0.2) is 0 Å². The molecule has 0 radical (unpaired) electrons. The van der Waals surface area contributed by atoms with Gasteiger partial charge in [-0.3, -0.25) is 0 Å². The van der Waals surface area contributed by atoms with Crippen molar-refractivity contribution in [3.8, 4) is 0 Å². The highest BCUT2D eigenvalue weighted by Crippen LogP contribution is 2.31. The Morgan fingerprint density at radius 1 is 1.24 bits per heavy atom. The molecule has 114 valence electrons. The summed E-state index contributed by atoms with van der Waals surface area (Å²) in [7, 11) is 0. The topological polar surface area (TPSA) is 41.0 Å². The normalized spacial score (nSPS) is 19.6. The van der Waals surface area contributed by atoms with Crippen LogP contribution in [-0.2, 0) is 6.54 Å². The first kappa shape index (κ1) is 14.3. The van der Waals surface area contributed by atoms with Gasteiger partial charge >= 0.3 is 6.18 Å². The van der Waals surface area contributed by atoms with Gasteiger partial charge in [0.25, 0.3) is 0 Å². The van der Waals surface area contributed by atoms with E-state index in [0.717, 1.165) is 5.69 Å². The fraction of sp³-hybridized carbons (Fsp3) is 0.571. The smallest absolute Gasteiger partial charge is 0.351 e. The van der Waals surface area contributed by atoms with E-state index in [9.17, 15) is 13.2 Å². The van der Waals surface area contributed by atoms with Crippen molar-refractivity contribution in [2.75, 3.05) is 18.0 Å². The van der Waals surface area contributed by atoms with Crippen LogP contribution in [0.25, 0.3) is 0 Å². The molecule has 0 aromatic carbocycles. The lowest BCUT2D eigenvalue weighted by Gasteiger charge is -2.27. The van der Waals surface area contributed by atoms with Crippen LogP contribution < -0.4 is 10.2 Å². The number of anilines is 1. The largest absolute Gasteiger partial charge is 0.412 e. The average Bonchev–Trinajstić information content (AvgIpc) is 3.29. The van der Waals surface area contributed by atoms with Gasteiger partial charge in [0.2, 0.25) is 0 Å². The van der Waals surface area contributed by atoms with Crippen LogP contribution in [0.2, 0.25) is 0 Å². The number of nitrogens with one attached hydrogen (secondary N) is 1. The molecule has 1 saturated carbocycles. The quantitative estimate of drug-likeness (QED) is 0.867. The molecule has 1 aromatic rings. The Labute approximate surface area is 121 Å². The van der Waals surface area contributed by atoms with Crippen LogP contribution in [-0.4, -0.2) is 35.5 Å². The molecule has 2 aliphatic rings. The molecular weight excluding hydrogens is 281 g/mol. The lowest BCUT2D eigenvalue weighted by molar-refractivity contribution is -0.0944. The Kier molecular flexibility index (Phi) is 3.84. The summed E-state index contributed by atoms with van der Waals surface area (Å²) in [5, 5.41) is 11.6. The lowest BCUT2D eigenvalue weighted by Crippen LogP contribution is -2.32. The van der Waals surface area contributed by atoms with Crippen molar-refractivity contribution in [2.45, 2.75) is 38.0 Å². The number of aromatic nitrogens is 2. The second kappa shape index (κ2) is 5.63. The zero-order valence-electron chi connectivity index (χ0n) is 11.5. The molecule has 0 spiro atoms. The molecule has 0 atom stereocenters. The summed E-state index contributed by atoms with van der Waals surface area (Å²) in [5.41, 5.74) is 0.408.